The molecule has 1 N–H and O–H groups in total. The van der Waals surface area contributed by atoms with E-state index in [1.807, 2.05) is 0 Å². The molecule has 31 heavy (non-hydrogen) atoms. The Hall–Kier alpha value is -3.21. The first kappa shape index (κ1) is 25.8. The van der Waals surface area contributed by atoms with Crippen LogP contribution in [0.5, 0.6) is 0 Å². The van der Waals surface area contributed by atoms with Gasteiger partial charge >= 0.3 is 23.6 Å². The Labute approximate surface area is 180 Å². The quantitative estimate of drug-likeness (QED) is 0.136. The smallest absolute Gasteiger partial charge is 0.372 e. The van der Waals surface area contributed by atoms with Gasteiger partial charge in [-0.05, 0) is 47.6 Å². The maximum Gasteiger partial charge on any atom is 0.372 e. The molecule has 11 nitrogen and oxygen atoms in total. The van der Waals surface area contributed by atoms with Crippen molar-refractivity contribution >= 4 is 29.3 Å². The number of nitrogens with one attached hydrogen (secondary N) is 1. The predicted octanol–water partition coefficient (Wildman–Crippen LogP) is 2.82. The number of hydrogen-bond donors (Lipinski definition) is 1. The number of non-ortho nitro benzene ring substituents is 1. The van der Waals surface area contributed by atoms with Gasteiger partial charge in [0.25, 0.3) is 5.69 Å². The number of hydrogen-bond acceptors (Lipinski definition) is 10. The molecule has 1 aromatic rings. The van der Waals surface area contributed by atoms with E-state index >= 15 is 0 Å². The van der Waals surface area contributed by atoms with Gasteiger partial charge in [0.1, 0.15) is 0 Å². The van der Waals surface area contributed by atoms with Crippen LogP contribution >= 0.6 is 0 Å². The van der Waals surface area contributed by atoms with Gasteiger partial charge in [-0.1, -0.05) is 0 Å². The lowest BCUT2D eigenvalue weighted by atomic mass is 10.1. The highest BCUT2D eigenvalue weighted by atomic mass is 16.6. The van der Waals surface area contributed by atoms with Crippen LogP contribution in [0.1, 0.15) is 51.9 Å². The van der Waals surface area contributed by atoms with Gasteiger partial charge in [-0.3, -0.25) is 10.1 Å². The summed E-state index contributed by atoms with van der Waals surface area (Å²) in [5, 5.41) is 13.8. The molecule has 1 rings (SSSR count). The van der Waals surface area contributed by atoms with Crippen molar-refractivity contribution in [2.75, 3.05) is 18.5 Å². The minimum Gasteiger partial charge on any atom is -0.462 e. The molecule has 0 bridgehead atoms. The molecular formula is C20H28N2O9. The van der Waals surface area contributed by atoms with Gasteiger partial charge in [-0.15, -0.1) is 0 Å². The average Bonchev–Trinajstić information content (AvgIpc) is 2.66. The van der Waals surface area contributed by atoms with Crippen LogP contribution < -0.4 is 5.32 Å². The Kier molecular flexibility index (Phi) is 9.38. The molecular weight excluding hydrogens is 412 g/mol. The topological polar surface area (TPSA) is 143 Å². The van der Waals surface area contributed by atoms with Crippen LogP contribution in [-0.4, -0.2) is 54.0 Å². The van der Waals surface area contributed by atoms with Crippen LogP contribution in [0, 0.1) is 10.1 Å². The number of benzene rings is 1. The van der Waals surface area contributed by atoms with Crippen LogP contribution in [-0.2, 0) is 28.5 Å². The molecule has 0 radical (unpaired) electrons. The van der Waals surface area contributed by atoms with Gasteiger partial charge in [0.05, 0.1) is 41.6 Å². The molecule has 0 unspecified atom stereocenters. The molecule has 0 fully saturated rings. The molecule has 0 aromatic heterocycles. The van der Waals surface area contributed by atoms with Gasteiger partial charge < -0.3 is 24.3 Å². The predicted molar refractivity (Wildman–Crippen MR) is 109 cm³/mol. The van der Waals surface area contributed by atoms with Gasteiger partial charge in [0.15, 0.2) is 0 Å². The Morgan fingerprint density at radius 3 is 2.00 bits per heavy atom. The average molecular weight is 440 g/mol. The highest BCUT2D eigenvalue weighted by Gasteiger charge is 2.52. The second kappa shape index (κ2) is 11.3. The summed E-state index contributed by atoms with van der Waals surface area (Å²) in [7, 11) is 0. The van der Waals surface area contributed by atoms with E-state index in [0.29, 0.717) is 0 Å². The lowest BCUT2D eigenvalue weighted by molar-refractivity contribution is -0.384. The summed E-state index contributed by atoms with van der Waals surface area (Å²) >= 11 is 0. The molecule has 0 aliphatic heterocycles. The summed E-state index contributed by atoms with van der Waals surface area (Å²) < 4.78 is 20.8. The van der Waals surface area contributed by atoms with Crippen molar-refractivity contribution < 1.29 is 38.3 Å². The van der Waals surface area contributed by atoms with Crippen LogP contribution in [0.25, 0.3) is 0 Å². The molecule has 0 saturated carbocycles. The number of rotatable bonds is 11. The molecule has 0 heterocycles. The number of carbonyl (C=O) groups is 3. The van der Waals surface area contributed by atoms with Gasteiger partial charge in [-0.2, -0.15) is 0 Å². The summed E-state index contributed by atoms with van der Waals surface area (Å²) in [6, 6.07) is 3.25. The lowest BCUT2D eigenvalue weighted by Crippen LogP contribution is -2.58. The molecule has 0 aliphatic rings. The van der Waals surface area contributed by atoms with Gasteiger partial charge in [-0.25, -0.2) is 14.4 Å². The third kappa shape index (κ3) is 6.64. The van der Waals surface area contributed by atoms with E-state index in [1.165, 1.54) is 13.8 Å². The molecule has 0 saturated heterocycles. The Bertz CT molecular complexity index is 803. The molecule has 11 heteroatoms. The van der Waals surface area contributed by atoms with Crippen molar-refractivity contribution in [1.29, 1.82) is 0 Å². The van der Waals surface area contributed by atoms with Crippen molar-refractivity contribution in [3.63, 3.8) is 0 Å². The van der Waals surface area contributed by atoms with Crippen LogP contribution in [0.3, 0.4) is 0 Å². The largest absolute Gasteiger partial charge is 0.462 e. The van der Waals surface area contributed by atoms with Crippen molar-refractivity contribution in [3.05, 3.63) is 33.9 Å². The number of nitro benzene ring substituents is 1. The minimum absolute atomic E-state index is 0.0830. The molecule has 0 spiro atoms. The molecule has 0 amide bonds. The van der Waals surface area contributed by atoms with Crippen LogP contribution in [0.4, 0.5) is 11.4 Å². The SMILES string of the molecule is CCOC(=O)C(Nc1cc([N+](=O)[O-])ccc1C(=O)OC(C)C)(OC(C)C)C(=O)OCC. The first-order chi connectivity index (χ1) is 14.5. The third-order valence-corrected chi connectivity index (χ3v) is 3.63. The first-order valence-electron chi connectivity index (χ1n) is 9.78. The Balaban J connectivity index is 3.69. The van der Waals surface area contributed by atoms with E-state index < -0.39 is 46.5 Å². The lowest BCUT2D eigenvalue weighted by Gasteiger charge is -2.32. The van der Waals surface area contributed by atoms with Crippen molar-refractivity contribution in [3.8, 4) is 0 Å². The maximum absolute atomic E-state index is 12.8. The minimum atomic E-state index is -2.51. The third-order valence-electron chi connectivity index (χ3n) is 3.63. The second-order valence-corrected chi connectivity index (χ2v) is 6.85. The first-order valence-corrected chi connectivity index (χ1v) is 9.78. The van der Waals surface area contributed by atoms with Crippen LogP contribution in [0.2, 0.25) is 0 Å². The number of anilines is 1. The zero-order valence-electron chi connectivity index (χ0n) is 18.4. The zero-order valence-corrected chi connectivity index (χ0v) is 18.4. The van der Waals surface area contributed by atoms with E-state index in [1.54, 1.807) is 27.7 Å². The molecule has 0 aliphatic carbocycles. The summed E-state index contributed by atoms with van der Waals surface area (Å²) in [6.45, 7) is 9.27. The van der Waals surface area contributed by atoms with Crippen LogP contribution in [0.15, 0.2) is 18.2 Å². The van der Waals surface area contributed by atoms with E-state index in [4.69, 9.17) is 18.9 Å². The standard InChI is InChI=1S/C20H28N2O9/c1-7-28-18(24)20(31-13(5)6,19(25)29-8-2)21-16-11-14(22(26)27)9-10-15(16)17(23)30-12(3)4/h9-13,21H,7-8H2,1-6H3. The summed E-state index contributed by atoms with van der Waals surface area (Å²) in [5.74, 6) is -3.08. The second-order valence-electron chi connectivity index (χ2n) is 6.85. The number of ether oxygens (including phenoxy) is 4. The van der Waals surface area contributed by atoms with E-state index in [-0.39, 0.29) is 24.5 Å². The molecule has 0 atom stereocenters. The summed E-state index contributed by atoms with van der Waals surface area (Å²) in [5.41, 5.74) is -3.29. The number of nitrogens with zero attached hydrogens (tertiary/aromatic N) is 1. The van der Waals surface area contributed by atoms with Crippen molar-refractivity contribution in [2.24, 2.45) is 0 Å². The summed E-state index contributed by atoms with van der Waals surface area (Å²) in [4.78, 5) is 48.8. The van der Waals surface area contributed by atoms with E-state index in [0.717, 1.165) is 18.2 Å². The normalized spacial score (nSPS) is 11.2. The number of carbonyl (C=O) groups excluding carboxylic acids is 3. The monoisotopic (exact) mass is 440 g/mol. The fourth-order valence-corrected chi connectivity index (χ4v) is 2.52. The fraction of sp³-hybridized carbons (Fsp3) is 0.550. The van der Waals surface area contributed by atoms with E-state index in [2.05, 4.69) is 5.32 Å². The maximum atomic E-state index is 12.8. The fourth-order valence-electron chi connectivity index (χ4n) is 2.52. The van der Waals surface area contributed by atoms with Gasteiger partial charge in [0, 0.05) is 12.1 Å². The van der Waals surface area contributed by atoms with Crippen molar-refractivity contribution in [1.82, 2.24) is 0 Å². The zero-order chi connectivity index (χ0) is 23.8. The van der Waals surface area contributed by atoms with Gasteiger partial charge in [0.2, 0.25) is 0 Å². The number of esters is 3. The summed E-state index contributed by atoms with van der Waals surface area (Å²) in [6.07, 6.45) is -1.16. The van der Waals surface area contributed by atoms with E-state index in [9.17, 15) is 24.5 Å². The Morgan fingerprint density at radius 2 is 1.58 bits per heavy atom. The Morgan fingerprint density at radius 1 is 1.03 bits per heavy atom. The highest BCUT2D eigenvalue weighted by Crippen LogP contribution is 2.29. The number of nitro groups is 1. The van der Waals surface area contributed by atoms with Crippen molar-refractivity contribution in [2.45, 2.75) is 59.5 Å². The highest BCUT2D eigenvalue weighted by molar-refractivity contribution is 6.07. The molecule has 172 valence electrons. The molecule has 1 aromatic carbocycles.